The molecule has 0 spiro atoms. The number of carbonyl (C=O) groups excluding carboxylic acids is 3. The summed E-state index contributed by atoms with van der Waals surface area (Å²) in [7, 11) is -1.31. The van der Waals surface area contributed by atoms with Crippen LogP contribution in [0.15, 0.2) is 60.7 Å². The normalized spacial score (nSPS) is 22.2. The minimum atomic E-state index is -1.31. The first-order valence-electron chi connectivity index (χ1n) is 14.6. The first-order chi connectivity index (χ1) is 19.3. The van der Waals surface area contributed by atoms with E-state index in [1.165, 1.54) is 0 Å². The maximum absolute atomic E-state index is 14.0. The second-order valence-electron chi connectivity index (χ2n) is 13.2. The number of piperidine rings is 1. The number of hydrogen-bond acceptors (Lipinski definition) is 6. The number of amides is 2. The Morgan fingerprint density at radius 2 is 1.44 bits per heavy atom. The van der Waals surface area contributed by atoms with Gasteiger partial charge in [-0.3, -0.25) is 4.90 Å². The van der Waals surface area contributed by atoms with E-state index in [2.05, 4.69) is 19.6 Å². The minimum Gasteiger partial charge on any atom is -0.453 e. The summed E-state index contributed by atoms with van der Waals surface area (Å²) in [4.78, 5) is 43.8. The van der Waals surface area contributed by atoms with Crippen molar-refractivity contribution in [2.75, 3.05) is 19.7 Å². The quantitative estimate of drug-likeness (QED) is 0.212. The molecule has 0 radical (unpaired) electrons. The summed E-state index contributed by atoms with van der Waals surface area (Å²) < 4.78 is 17.7. The van der Waals surface area contributed by atoms with Gasteiger partial charge in [0.05, 0.1) is 6.61 Å². The molecule has 0 saturated carbocycles. The van der Waals surface area contributed by atoms with Gasteiger partial charge in [-0.15, -0.1) is 0 Å². The van der Waals surface area contributed by atoms with Gasteiger partial charge in [-0.1, -0.05) is 80.3 Å². The first kappa shape index (κ1) is 30.6. The lowest BCUT2D eigenvalue weighted by Crippen LogP contribution is -2.59. The molecule has 8 nitrogen and oxygen atoms in total. The Bertz CT molecular complexity index is 1190. The van der Waals surface area contributed by atoms with E-state index in [0.717, 1.165) is 17.2 Å². The third kappa shape index (κ3) is 7.90. The van der Waals surface area contributed by atoms with Crippen LogP contribution in [0.4, 0.5) is 9.59 Å². The molecular formula is C32H44N2O6Si. The van der Waals surface area contributed by atoms with Crippen molar-refractivity contribution in [3.05, 3.63) is 71.8 Å². The van der Waals surface area contributed by atoms with Gasteiger partial charge in [0.25, 0.3) is 0 Å². The van der Waals surface area contributed by atoms with Gasteiger partial charge < -0.3 is 19.1 Å². The van der Waals surface area contributed by atoms with E-state index in [-0.39, 0.29) is 12.0 Å². The maximum atomic E-state index is 14.0. The molecule has 2 saturated heterocycles. The third-order valence-corrected chi connectivity index (χ3v) is 9.27. The van der Waals surface area contributed by atoms with E-state index in [1.807, 2.05) is 81.4 Å². The Morgan fingerprint density at radius 3 is 1.98 bits per heavy atom. The van der Waals surface area contributed by atoms with Crippen LogP contribution in [-0.2, 0) is 19.0 Å². The van der Waals surface area contributed by atoms with Gasteiger partial charge in [-0.25, -0.2) is 14.4 Å². The summed E-state index contributed by atoms with van der Waals surface area (Å²) in [5.74, 6) is -0.656. The highest BCUT2D eigenvalue weighted by Gasteiger charge is 2.52. The largest absolute Gasteiger partial charge is 0.453 e. The molecule has 0 bridgehead atoms. The summed E-state index contributed by atoms with van der Waals surface area (Å²) in [5.41, 5.74) is 0.904. The molecule has 9 heteroatoms. The van der Waals surface area contributed by atoms with Gasteiger partial charge in [0.2, 0.25) is 0 Å². The molecule has 2 heterocycles. The van der Waals surface area contributed by atoms with E-state index in [0.29, 0.717) is 32.5 Å². The van der Waals surface area contributed by atoms with E-state index in [1.54, 1.807) is 9.80 Å². The number of nitrogens with zero attached hydrogens (tertiary/aromatic N) is 2. The minimum absolute atomic E-state index is 0.205. The fraction of sp³-hybridized carbons (Fsp3) is 0.531. The molecule has 1 unspecified atom stereocenters. The molecule has 3 atom stereocenters. The highest BCUT2D eigenvalue weighted by atomic mass is 28.3. The lowest BCUT2D eigenvalue weighted by molar-refractivity contribution is -0.179. The molecule has 2 aromatic rings. The third-order valence-electron chi connectivity index (χ3n) is 7.57. The molecule has 2 aromatic carbocycles. The molecule has 0 aliphatic carbocycles. The average molecular weight is 581 g/mol. The number of morpholine rings is 1. The molecule has 2 aliphatic heterocycles. The molecule has 0 aromatic heterocycles. The Labute approximate surface area is 245 Å². The van der Waals surface area contributed by atoms with Crippen LogP contribution in [0.1, 0.15) is 56.9 Å². The fourth-order valence-corrected chi connectivity index (χ4v) is 6.18. The number of esters is 1. The molecular weight excluding hydrogens is 536 g/mol. The van der Waals surface area contributed by atoms with Crippen molar-refractivity contribution < 1.29 is 28.6 Å². The van der Waals surface area contributed by atoms with Crippen LogP contribution in [0.25, 0.3) is 0 Å². The molecule has 41 heavy (non-hydrogen) atoms. The molecule has 2 aliphatic rings. The number of rotatable bonds is 6. The SMILES string of the molecule is CC(C)(C)OC(=O)N1C(c2ccccc2)[C@H](c2ccccc2)OC(=O)[C@H]1C1CCN(C(=O)OCC[Si](C)(C)C)CC1. The Morgan fingerprint density at radius 1 is 0.878 bits per heavy atom. The van der Waals surface area contributed by atoms with Gasteiger partial charge in [0, 0.05) is 21.2 Å². The number of carbonyl (C=O) groups is 3. The zero-order valence-corrected chi connectivity index (χ0v) is 26.2. The van der Waals surface area contributed by atoms with Gasteiger partial charge in [-0.05, 0) is 56.7 Å². The Balaban J connectivity index is 1.62. The summed E-state index contributed by atoms with van der Waals surface area (Å²) in [6, 6.07) is 18.7. The van der Waals surface area contributed by atoms with Crippen molar-refractivity contribution in [1.29, 1.82) is 0 Å². The van der Waals surface area contributed by atoms with E-state index in [9.17, 15) is 14.4 Å². The van der Waals surface area contributed by atoms with Crippen LogP contribution in [-0.4, -0.2) is 67.4 Å². The second-order valence-corrected chi connectivity index (χ2v) is 18.8. The zero-order valence-electron chi connectivity index (χ0n) is 25.2. The van der Waals surface area contributed by atoms with Crippen molar-refractivity contribution in [2.45, 2.75) is 83.1 Å². The van der Waals surface area contributed by atoms with Crippen LogP contribution < -0.4 is 0 Å². The van der Waals surface area contributed by atoms with E-state index >= 15 is 0 Å². The maximum Gasteiger partial charge on any atom is 0.411 e. The zero-order chi connectivity index (χ0) is 29.8. The van der Waals surface area contributed by atoms with Crippen molar-refractivity contribution >= 4 is 26.2 Å². The van der Waals surface area contributed by atoms with Crippen LogP contribution in [0.2, 0.25) is 25.7 Å². The smallest absolute Gasteiger partial charge is 0.411 e. The molecule has 2 amide bonds. The summed E-state index contributed by atoms with van der Waals surface area (Å²) in [6.07, 6.45) is -0.485. The molecule has 2 fully saturated rings. The predicted molar refractivity (Wildman–Crippen MR) is 160 cm³/mol. The molecule has 0 N–H and O–H groups in total. The van der Waals surface area contributed by atoms with Gasteiger partial charge in [0.1, 0.15) is 17.7 Å². The van der Waals surface area contributed by atoms with E-state index in [4.69, 9.17) is 14.2 Å². The van der Waals surface area contributed by atoms with Crippen molar-refractivity contribution in [3.8, 4) is 0 Å². The molecule has 4 rings (SSSR count). The fourth-order valence-electron chi connectivity index (χ4n) is 5.47. The Hall–Kier alpha value is -3.33. The van der Waals surface area contributed by atoms with Crippen LogP contribution in [0.5, 0.6) is 0 Å². The number of likely N-dealkylation sites (tertiary alicyclic amines) is 1. The molecule has 222 valence electrons. The van der Waals surface area contributed by atoms with Gasteiger partial charge in [-0.2, -0.15) is 0 Å². The standard InChI is InChI=1S/C32H44N2O6Si/c1-32(2,3)40-31(37)34-26(23-13-9-7-10-14-23)28(25-15-11-8-12-16-25)39-29(35)27(34)24-17-19-33(20-18-24)30(36)38-21-22-41(4,5)6/h7-16,24,26-28H,17-22H2,1-6H3/t26?,27-,28+/m1/s1. The summed E-state index contributed by atoms with van der Waals surface area (Å²) in [6.45, 7) is 13.5. The van der Waals surface area contributed by atoms with Crippen LogP contribution in [0, 0.1) is 5.92 Å². The number of hydrogen-bond donors (Lipinski definition) is 0. The highest BCUT2D eigenvalue weighted by molar-refractivity contribution is 6.76. The van der Waals surface area contributed by atoms with Gasteiger partial charge >= 0.3 is 18.2 Å². The number of cyclic esters (lactones) is 1. The van der Waals surface area contributed by atoms with Crippen molar-refractivity contribution in [1.82, 2.24) is 9.80 Å². The highest BCUT2D eigenvalue weighted by Crippen LogP contribution is 2.45. The predicted octanol–water partition coefficient (Wildman–Crippen LogP) is 6.82. The van der Waals surface area contributed by atoms with Crippen molar-refractivity contribution in [2.24, 2.45) is 5.92 Å². The summed E-state index contributed by atoms with van der Waals surface area (Å²) >= 11 is 0. The van der Waals surface area contributed by atoms with Crippen LogP contribution >= 0.6 is 0 Å². The summed E-state index contributed by atoms with van der Waals surface area (Å²) in [5, 5.41) is 0. The number of ether oxygens (including phenoxy) is 3. The number of benzene rings is 2. The topological polar surface area (TPSA) is 85.4 Å². The average Bonchev–Trinajstić information content (AvgIpc) is 2.92. The van der Waals surface area contributed by atoms with Crippen molar-refractivity contribution in [3.63, 3.8) is 0 Å². The second kappa shape index (κ2) is 12.7. The van der Waals surface area contributed by atoms with E-state index < -0.39 is 43.9 Å². The lowest BCUT2D eigenvalue weighted by atomic mass is 9.83. The monoisotopic (exact) mass is 580 g/mol. The first-order valence-corrected chi connectivity index (χ1v) is 18.3. The van der Waals surface area contributed by atoms with Gasteiger partial charge in [0.15, 0.2) is 6.10 Å². The Kier molecular flexibility index (Phi) is 9.47. The lowest BCUT2D eigenvalue weighted by Gasteiger charge is -2.48. The van der Waals surface area contributed by atoms with Crippen LogP contribution in [0.3, 0.4) is 0 Å².